The number of rotatable bonds is 4. The largest absolute Gasteiger partial charge is 0.453 e. The fourth-order valence-corrected chi connectivity index (χ4v) is 11.3. The molecule has 0 aromatic heterocycles. The second-order valence-corrected chi connectivity index (χ2v) is 17.4. The van der Waals surface area contributed by atoms with Gasteiger partial charge in [0, 0.05) is 21.9 Å². The summed E-state index contributed by atoms with van der Waals surface area (Å²) in [6, 6.07) is 60.2. The molecule has 0 radical (unpaired) electrons. The first-order valence-electron chi connectivity index (χ1n) is 22.4. The van der Waals surface area contributed by atoms with Gasteiger partial charge in [0.15, 0.2) is 47.0 Å². The van der Waals surface area contributed by atoms with Crippen molar-refractivity contribution in [3.8, 4) is 23.0 Å². The van der Waals surface area contributed by atoms with E-state index in [0.29, 0.717) is 0 Å². The first kappa shape index (κ1) is 35.6. The van der Waals surface area contributed by atoms with Crippen molar-refractivity contribution in [2.75, 3.05) is 9.80 Å². The summed E-state index contributed by atoms with van der Waals surface area (Å²) in [6.07, 6.45) is 4.24. The van der Waals surface area contributed by atoms with Crippen LogP contribution in [0.5, 0.6) is 23.0 Å². The van der Waals surface area contributed by atoms with Gasteiger partial charge < -0.3 is 29.1 Å². The Bertz CT molecular complexity index is 2980. The SMILES string of the molecule is c1ccc2c(c1)Oc1ccccc1N2c1ccc(C2=NNC3C4NN=C(c5ccc(N6c7ccccc7Oc7ccccc76)c6ccccc56)N4C4CCCCC4N23)c2ccccc12. The van der Waals surface area contributed by atoms with Gasteiger partial charge in [0.2, 0.25) is 0 Å². The summed E-state index contributed by atoms with van der Waals surface area (Å²) in [4.78, 5) is 9.85. The van der Waals surface area contributed by atoms with E-state index in [1.54, 1.807) is 0 Å². The van der Waals surface area contributed by atoms with Gasteiger partial charge in [-0.05, 0) is 96.4 Å². The molecule has 1 saturated heterocycles. The number of nitrogens with zero attached hydrogens (tertiary/aromatic N) is 6. The fourth-order valence-electron chi connectivity index (χ4n) is 11.3. The van der Waals surface area contributed by atoms with Crippen LogP contribution in [0.1, 0.15) is 36.8 Å². The second kappa shape index (κ2) is 13.8. The van der Waals surface area contributed by atoms with E-state index >= 15 is 0 Å². The van der Waals surface area contributed by atoms with E-state index in [2.05, 4.69) is 152 Å². The van der Waals surface area contributed by atoms with Crippen molar-refractivity contribution in [1.82, 2.24) is 20.7 Å². The lowest BCUT2D eigenvalue weighted by molar-refractivity contribution is -0.00890. The van der Waals surface area contributed by atoms with Gasteiger partial charge in [0.1, 0.15) is 0 Å². The molecule has 6 aliphatic rings. The molecule has 4 unspecified atom stereocenters. The van der Waals surface area contributed by atoms with Gasteiger partial charge in [0.25, 0.3) is 0 Å². The Kier molecular flexibility index (Phi) is 7.65. The smallest absolute Gasteiger partial charge is 0.158 e. The van der Waals surface area contributed by atoms with Crippen LogP contribution in [0.4, 0.5) is 34.1 Å². The number of piperazine rings is 1. The maximum Gasteiger partial charge on any atom is 0.158 e. The third kappa shape index (κ3) is 5.07. The Morgan fingerprint density at radius 1 is 0.375 bits per heavy atom. The summed E-state index contributed by atoms with van der Waals surface area (Å²) < 4.78 is 12.8. The highest BCUT2D eigenvalue weighted by Gasteiger charge is 2.55. The molecule has 1 saturated carbocycles. The van der Waals surface area contributed by atoms with Gasteiger partial charge in [-0.2, -0.15) is 10.2 Å². The second-order valence-electron chi connectivity index (χ2n) is 17.4. The Labute approximate surface area is 370 Å². The van der Waals surface area contributed by atoms with Crippen LogP contribution in [0.25, 0.3) is 21.5 Å². The monoisotopic (exact) mass is 834 g/mol. The van der Waals surface area contributed by atoms with Gasteiger partial charge in [-0.3, -0.25) is 10.9 Å². The number of ether oxygens (including phenoxy) is 2. The molecule has 0 spiro atoms. The number of anilines is 6. The van der Waals surface area contributed by atoms with Crippen LogP contribution >= 0.6 is 0 Å². The van der Waals surface area contributed by atoms with Crippen LogP contribution in [-0.4, -0.2) is 45.9 Å². The highest BCUT2D eigenvalue weighted by molar-refractivity contribution is 6.16. The average molecular weight is 835 g/mol. The molecule has 5 heterocycles. The first-order chi connectivity index (χ1) is 31.8. The summed E-state index contributed by atoms with van der Waals surface area (Å²) >= 11 is 0. The predicted molar refractivity (Wildman–Crippen MR) is 254 cm³/mol. The number of fused-ring (bicyclic) bond motifs is 12. The number of benzene rings is 8. The minimum atomic E-state index is -0.126. The van der Waals surface area contributed by atoms with Crippen LogP contribution in [0.3, 0.4) is 0 Å². The molecule has 0 bridgehead atoms. The molecule has 2 N–H and O–H groups in total. The van der Waals surface area contributed by atoms with E-state index in [1.165, 1.54) is 12.8 Å². The molecular formula is C54H42N8O2. The summed E-state index contributed by atoms with van der Waals surface area (Å²) in [5.41, 5.74) is 15.8. The number of para-hydroxylation sites is 8. The van der Waals surface area contributed by atoms with Gasteiger partial charge >= 0.3 is 0 Å². The molecule has 2 fully saturated rings. The quantitative estimate of drug-likeness (QED) is 0.181. The molecule has 4 atom stereocenters. The fraction of sp³-hybridized carbons (Fsp3) is 0.148. The number of hydrazone groups is 2. The first-order valence-corrected chi connectivity index (χ1v) is 22.4. The van der Waals surface area contributed by atoms with Crippen molar-refractivity contribution < 1.29 is 9.47 Å². The zero-order valence-electron chi connectivity index (χ0n) is 34.8. The minimum absolute atomic E-state index is 0.126. The minimum Gasteiger partial charge on any atom is -0.453 e. The van der Waals surface area contributed by atoms with Crippen molar-refractivity contribution in [2.24, 2.45) is 10.2 Å². The van der Waals surface area contributed by atoms with Crippen molar-refractivity contribution >= 4 is 67.3 Å². The molecule has 5 aliphatic heterocycles. The molecule has 1 aliphatic carbocycles. The highest BCUT2D eigenvalue weighted by Crippen LogP contribution is 2.54. The number of nitrogens with one attached hydrogen (secondary N) is 2. The van der Waals surface area contributed by atoms with E-state index < -0.39 is 0 Å². The third-order valence-corrected chi connectivity index (χ3v) is 14.0. The van der Waals surface area contributed by atoms with Gasteiger partial charge in [0.05, 0.1) is 46.2 Å². The summed E-state index contributed by atoms with van der Waals surface area (Å²) in [5.74, 6) is 5.33. The average Bonchev–Trinajstić information content (AvgIpc) is 4.01. The van der Waals surface area contributed by atoms with E-state index in [4.69, 9.17) is 19.7 Å². The Morgan fingerprint density at radius 3 is 1.11 bits per heavy atom. The van der Waals surface area contributed by atoms with Crippen LogP contribution in [-0.2, 0) is 0 Å². The Hall–Kier alpha value is -7.98. The van der Waals surface area contributed by atoms with E-state index in [1.807, 2.05) is 48.5 Å². The van der Waals surface area contributed by atoms with Crippen LogP contribution < -0.4 is 30.1 Å². The topological polar surface area (TPSA) is 80.2 Å². The highest BCUT2D eigenvalue weighted by atomic mass is 16.5. The number of hydrogen-bond donors (Lipinski definition) is 2. The summed E-state index contributed by atoms with van der Waals surface area (Å²) in [7, 11) is 0. The summed E-state index contributed by atoms with van der Waals surface area (Å²) in [5, 5.41) is 15.1. The maximum absolute atomic E-state index is 6.40. The number of hydrogen-bond acceptors (Lipinski definition) is 10. The van der Waals surface area contributed by atoms with Gasteiger partial charge in [-0.25, -0.2) is 0 Å². The molecule has 8 aromatic carbocycles. The molecular weight excluding hydrogens is 793 g/mol. The van der Waals surface area contributed by atoms with E-state index in [0.717, 1.165) is 114 Å². The zero-order valence-corrected chi connectivity index (χ0v) is 34.8. The zero-order chi connectivity index (χ0) is 41.9. The lowest BCUT2D eigenvalue weighted by atomic mass is 9.83. The Morgan fingerprint density at radius 2 is 0.719 bits per heavy atom. The van der Waals surface area contributed by atoms with Crippen molar-refractivity contribution in [3.05, 3.63) is 181 Å². The van der Waals surface area contributed by atoms with E-state index in [-0.39, 0.29) is 24.4 Å². The molecule has 8 aromatic rings. The van der Waals surface area contributed by atoms with Gasteiger partial charge in [-0.1, -0.05) is 110 Å². The number of amidine groups is 2. The lowest BCUT2D eigenvalue weighted by Crippen LogP contribution is -2.72. The molecule has 14 rings (SSSR count). The standard InChI is InChI=1S/C54H42N8O2/c1-3-17-35-33(15-1)37(29-31-39(35)59-43-21-7-11-25-47(43)63-48-26-12-8-22-44(48)59)51-55-57-53-54-58-56-52(62(54)42-20-6-5-19-41(42)61(51)53)38-30-32-40(36-18-4-2-16-34(36)38)60-45-23-9-13-27-49(45)64-50-28-14-10-24-46(50)60/h1-4,7-18,21-32,41-42,53-54,57-58H,5-6,19-20H2. The third-order valence-electron chi connectivity index (χ3n) is 14.0. The lowest BCUT2D eigenvalue weighted by Gasteiger charge is -2.54. The molecule has 10 nitrogen and oxygen atoms in total. The normalized spacial score (nSPS) is 21.1. The van der Waals surface area contributed by atoms with E-state index in [9.17, 15) is 0 Å². The van der Waals surface area contributed by atoms with Crippen LogP contribution in [0.2, 0.25) is 0 Å². The molecule has 64 heavy (non-hydrogen) atoms. The Balaban J connectivity index is 0.839. The molecule has 310 valence electrons. The maximum atomic E-state index is 6.40. The molecule has 0 amide bonds. The van der Waals surface area contributed by atoms with Crippen LogP contribution in [0.15, 0.2) is 180 Å². The van der Waals surface area contributed by atoms with Gasteiger partial charge in [-0.15, -0.1) is 0 Å². The van der Waals surface area contributed by atoms with Crippen LogP contribution in [0, 0.1) is 0 Å². The van der Waals surface area contributed by atoms with Crippen molar-refractivity contribution in [1.29, 1.82) is 0 Å². The predicted octanol–water partition coefficient (Wildman–Crippen LogP) is 12.0. The molecule has 10 heteroatoms. The van der Waals surface area contributed by atoms with Crippen molar-refractivity contribution in [3.63, 3.8) is 0 Å². The van der Waals surface area contributed by atoms with Crippen molar-refractivity contribution in [2.45, 2.75) is 50.1 Å². The summed E-state index contributed by atoms with van der Waals surface area (Å²) in [6.45, 7) is 0.